The van der Waals surface area contributed by atoms with E-state index in [1.165, 1.54) is 0 Å². The van der Waals surface area contributed by atoms with Crippen LogP contribution in [0, 0.1) is 12.8 Å². The highest BCUT2D eigenvalue weighted by molar-refractivity contribution is 5.78. The van der Waals surface area contributed by atoms with E-state index < -0.39 is 0 Å². The number of allylic oxidation sites excluding steroid dienone is 1. The quantitative estimate of drug-likeness (QED) is 0.395. The number of rotatable bonds is 7. The van der Waals surface area contributed by atoms with E-state index in [0.717, 1.165) is 41.7 Å². The molecule has 0 aliphatic carbocycles. The van der Waals surface area contributed by atoms with Crippen molar-refractivity contribution in [3.8, 4) is 22.8 Å². The molecule has 36 heavy (non-hydrogen) atoms. The first kappa shape index (κ1) is 23.6. The van der Waals surface area contributed by atoms with Crippen molar-refractivity contribution < 1.29 is 14.6 Å². The topological polar surface area (TPSA) is 80.0 Å². The summed E-state index contributed by atoms with van der Waals surface area (Å²) in [5.74, 6) is 1.34. The van der Waals surface area contributed by atoms with E-state index in [1.54, 1.807) is 18.3 Å². The number of aryl methyl sites for hydroxylation is 1. The van der Waals surface area contributed by atoms with E-state index in [9.17, 15) is 9.90 Å². The van der Waals surface area contributed by atoms with E-state index >= 15 is 0 Å². The molecule has 1 fully saturated rings. The Morgan fingerprint density at radius 1 is 1.11 bits per heavy atom. The van der Waals surface area contributed by atoms with Crippen molar-refractivity contribution in [3.63, 3.8) is 0 Å². The van der Waals surface area contributed by atoms with Gasteiger partial charge in [0.15, 0.2) is 12.3 Å². The van der Waals surface area contributed by atoms with Crippen molar-refractivity contribution in [2.45, 2.75) is 26.2 Å². The third-order valence-electron chi connectivity index (χ3n) is 6.80. The second kappa shape index (κ2) is 10.2. The van der Waals surface area contributed by atoms with Crippen LogP contribution >= 0.6 is 0 Å². The van der Waals surface area contributed by atoms with Crippen molar-refractivity contribution in [2.75, 3.05) is 19.7 Å². The summed E-state index contributed by atoms with van der Waals surface area (Å²) in [5, 5.41) is 14.9. The number of benzene rings is 2. The van der Waals surface area contributed by atoms with Gasteiger partial charge in [-0.15, -0.1) is 0 Å². The van der Waals surface area contributed by atoms with Gasteiger partial charge in [-0.05, 0) is 68.0 Å². The molecule has 1 saturated heterocycles. The number of amides is 1. The minimum absolute atomic E-state index is 0.0197. The smallest absolute Gasteiger partial charge is 0.260 e. The van der Waals surface area contributed by atoms with Crippen LogP contribution in [-0.4, -0.2) is 50.2 Å². The zero-order valence-corrected chi connectivity index (χ0v) is 20.4. The van der Waals surface area contributed by atoms with Crippen LogP contribution in [0.3, 0.4) is 0 Å². The number of hydrogen-bond donors (Lipinski definition) is 1. The van der Waals surface area contributed by atoms with Gasteiger partial charge in [-0.25, -0.2) is 9.50 Å². The van der Waals surface area contributed by atoms with Crippen LogP contribution < -0.4 is 4.74 Å². The number of aromatic hydroxyl groups is 1. The fourth-order valence-electron chi connectivity index (χ4n) is 4.75. The van der Waals surface area contributed by atoms with Gasteiger partial charge < -0.3 is 14.7 Å². The molecular formula is C29H30N4O3. The first-order valence-electron chi connectivity index (χ1n) is 12.3. The molecule has 0 atom stereocenters. The fourth-order valence-corrected chi connectivity index (χ4v) is 4.75. The minimum atomic E-state index is 0.0197. The molecule has 7 heteroatoms. The molecule has 0 spiro atoms. The Bertz CT molecular complexity index is 1390. The van der Waals surface area contributed by atoms with E-state index in [1.807, 2.05) is 64.9 Å². The number of ether oxygens (including phenoxy) is 1. The van der Waals surface area contributed by atoms with E-state index in [-0.39, 0.29) is 18.3 Å². The lowest BCUT2D eigenvalue weighted by Gasteiger charge is -2.32. The lowest BCUT2D eigenvalue weighted by atomic mass is 9.89. The second-order valence-corrected chi connectivity index (χ2v) is 9.34. The number of para-hydroxylation sites is 2. The van der Waals surface area contributed by atoms with Gasteiger partial charge in [0.1, 0.15) is 11.5 Å². The van der Waals surface area contributed by atoms with Gasteiger partial charge in [0.05, 0.1) is 17.6 Å². The normalized spacial score (nSPS) is 14.2. The number of nitrogens with zero attached hydrogens (tertiary/aromatic N) is 4. The van der Waals surface area contributed by atoms with Crippen molar-refractivity contribution >= 4 is 17.1 Å². The summed E-state index contributed by atoms with van der Waals surface area (Å²) in [6, 6.07) is 18.6. The average molecular weight is 483 g/mol. The first-order valence-corrected chi connectivity index (χ1v) is 12.3. The molecule has 0 unspecified atom stereocenters. The minimum Gasteiger partial charge on any atom is -0.507 e. The molecule has 1 amide bonds. The van der Waals surface area contributed by atoms with Crippen molar-refractivity contribution in [1.29, 1.82) is 0 Å². The maximum Gasteiger partial charge on any atom is 0.260 e. The van der Waals surface area contributed by atoms with Gasteiger partial charge in [-0.1, -0.05) is 36.9 Å². The average Bonchev–Trinajstić information content (AvgIpc) is 3.28. The largest absolute Gasteiger partial charge is 0.507 e. The number of piperidine rings is 1. The maximum atomic E-state index is 12.6. The van der Waals surface area contributed by atoms with Crippen LogP contribution in [-0.2, 0) is 4.79 Å². The first-order chi connectivity index (χ1) is 17.5. The van der Waals surface area contributed by atoms with Crippen LogP contribution in [0.15, 0.2) is 73.4 Å². The summed E-state index contributed by atoms with van der Waals surface area (Å²) < 4.78 is 7.46. The van der Waals surface area contributed by atoms with E-state index in [0.29, 0.717) is 36.0 Å². The van der Waals surface area contributed by atoms with Crippen molar-refractivity contribution in [3.05, 3.63) is 84.7 Å². The highest BCUT2D eigenvalue weighted by Gasteiger charge is 2.25. The van der Waals surface area contributed by atoms with Gasteiger partial charge in [-0.3, -0.25) is 4.79 Å². The fraction of sp³-hybridized carbons (Fsp3) is 0.276. The number of carbonyl (C=O) groups is 1. The number of fused-ring (bicyclic) bond motifs is 1. The summed E-state index contributed by atoms with van der Waals surface area (Å²) in [6.45, 7) is 7.86. The van der Waals surface area contributed by atoms with Gasteiger partial charge >= 0.3 is 0 Å². The lowest BCUT2D eigenvalue weighted by Crippen LogP contribution is -2.41. The lowest BCUT2D eigenvalue weighted by molar-refractivity contribution is -0.134. The Kier molecular flexibility index (Phi) is 6.71. The zero-order valence-electron chi connectivity index (χ0n) is 20.4. The third-order valence-corrected chi connectivity index (χ3v) is 6.80. The van der Waals surface area contributed by atoms with Crippen molar-refractivity contribution in [2.24, 2.45) is 5.92 Å². The summed E-state index contributed by atoms with van der Waals surface area (Å²) in [6.07, 6.45) is 4.43. The molecule has 7 nitrogen and oxygen atoms in total. The molecule has 0 bridgehead atoms. The Morgan fingerprint density at radius 2 is 1.83 bits per heavy atom. The SMILES string of the molecule is C=C(CC1CCN(C(=O)COc2ccccc2)CC1)c1cc(-c2ccccc2O)nc2c(C)cnn12. The second-order valence-electron chi connectivity index (χ2n) is 9.34. The standard InChI is InChI=1S/C29H30N4O3/c1-20(16-22-12-14-32(15-13-22)28(35)19-36-23-8-4-3-5-9-23)26-17-25(24-10-6-7-11-27(24)34)31-29-21(2)18-30-33(26)29/h3-11,17-18,22,34H,1,12-16,19H2,2H3. The predicted molar refractivity (Wildman–Crippen MR) is 140 cm³/mol. The molecule has 2 aromatic carbocycles. The molecule has 184 valence electrons. The van der Waals surface area contributed by atoms with Gasteiger partial charge in [0, 0.05) is 24.2 Å². The maximum absolute atomic E-state index is 12.6. The molecule has 4 aromatic rings. The summed E-state index contributed by atoms with van der Waals surface area (Å²) in [7, 11) is 0. The number of aromatic nitrogens is 3. The van der Waals surface area contributed by atoms with Crippen molar-refractivity contribution in [1.82, 2.24) is 19.5 Å². The Hall–Kier alpha value is -4.13. The summed E-state index contributed by atoms with van der Waals surface area (Å²) in [4.78, 5) is 19.3. The Morgan fingerprint density at radius 3 is 2.58 bits per heavy atom. The van der Waals surface area contributed by atoms with Crippen LogP contribution in [0.2, 0.25) is 0 Å². The van der Waals surface area contributed by atoms with E-state index in [4.69, 9.17) is 9.72 Å². The monoisotopic (exact) mass is 482 g/mol. The Labute approximate surface area is 210 Å². The number of phenols is 1. The predicted octanol–water partition coefficient (Wildman–Crippen LogP) is 5.13. The molecule has 1 aliphatic heterocycles. The number of carbonyl (C=O) groups excluding carboxylic acids is 1. The Balaban J connectivity index is 1.25. The van der Waals surface area contributed by atoms with Gasteiger partial charge in [0.25, 0.3) is 5.91 Å². The molecular weight excluding hydrogens is 452 g/mol. The summed E-state index contributed by atoms with van der Waals surface area (Å²) in [5.41, 5.74) is 4.95. The molecule has 1 aliphatic rings. The molecule has 5 rings (SSSR count). The van der Waals surface area contributed by atoms with Crippen LogP contribution in [0.4, 0.5) is 0 Å². The van der Waals surface area contributed by atoms with Gasteiger partial charge in [0.2, 0.25) is 0 Å². The van der Waals surface area contributed by atoms with Crippen LogP contribution in [0.25, 0.3) is 22.5 Å². The molecule has 0 saturated carbocycles. The highest BCUT2D eigenvalue weighted by Crippen LogP contribution is 2.33. The number of hydrogen-bond acceptors (Lipinski definition) is 5. The van der Waals surface area contributed by atoms with Crippen LogP contribution in [0.1, 0.15) is 30.5 Å². The third kappa shape index (κ3) is 4.96. The number of likely N-dealkylation sites (tertiary alicyclic amines) is 1. The molecule has 2 aromatic heterocycles. The molecule has 1 N–H and O–H groups in total. The molecule has 0 radical (unpaired) electrons. The van der Waals surface area contributed by atoms with Gasteiger partial charge in [-0.2, -0.15) is 5.10 Å². The highest BCUT2D eigenvalue weighted by atomic mass is 16.5. The van der Waals surface area contributed by atoms with E-state index in [2.05, 4.69) is 11.7 Å². The summed E-state index contributed by atoms with van der Waals surface area (Å²) >= 11 is 0. The van der Waals surface area contributed by atoms with Crippen LogP contribution in [0.5, 0.6) is 11.5 Å². The molecule has 3 heterocycles. The zero-order chi connectivity index (χ0) is 25.1. The number of phenolic OH excluding ortho intramolecular Hbond substituents is 1.